The number of rotatable bonds is 5. The quantitative estimate of drug-likeness (QED) is 0.629. The summed E-state index contributed by atoms with van der Waals surface area (Å²) >= 11 is 0. The summed E-state index contributed by atoms with van der Waals surface area (Å²) in [5, 5.41) is 6.38. The lowest BCUT2D eigenvalue weighted by molar-refractivity contribution is -0.146. The Morgan fingerprint density at radius 3 is 2.28 bits per heavy atom. The third kappa shape index (κ3) is 4.95. The molecule has 4 aliphatic carbocycles. The van der Waals surface area contributed by atoms with Gasteiger partial charge in [-0.1, -0.05) is 0 Å². The summed E-state index contributed by atoms with van der Waals surface area (Å²) in [5.74, 6) is 4.77. The highest BCUT2D eigenvalue weighted by molar-refractivity contribution is 5.74. The highest BCUT2D eigenvalue weighted by atomic mass is 16.5. The fourth-order valence-electron chi connectivity index (χ4n) is 8.48. The van der Waals surface area contributed by atoms with Crippen LogP contribution >= 0.6 is 0 Å². The number of urea groups is 1. The van der Waals surface area contributed by atoms with Gasteiger partial charge in [-0.2, -0.15) is 0 Å². The number of nitrogens with zero attached hydrogens (tertiary/aromatic N) is 1. The first-order valence-electron chi connectivity index (χ1n) is 13.5. The highest BCUT2D eigenvalue weighted by Gasteiger charge is 2.51. The van der Waals surface area contributed by atoms with Gasteiger partial charge in [-0.15, -0.1) is 0 Å². The van der Waals surface area contributed by atoms with Crippen LogP contribution in [-0.4, -0.2) is 55.2 Å². The molecule has 5 rings (SSSR count). The van der Waals surface area contributed by atoms with Gasteiger partial charge in [-0.25, -0.2) is 4.79 Å². The highest BCUT2D eigenvalue weighted by Crippen LogP contribution is 2.58. The van der Waals surface area contributed by atoms with Crippen LogP contribution in [0.5, 0.6) is 0 Å². The summed E-state index contributed by atoms with van der Waals surface area (Å²) in [6, 6.07) is 0.375. The molecule has 5 aliphatic rings. The van der Waals surface area contributed by atoms with Gasteiger partial charge in [0.25, 0.3) is 0 Å². The van der Waals surface area contributed by atoms with Crippen LogP contribution < -0.4 is 10.6 Å². The normalized spacial score (nSPS) is 41.3. The van der Waals surface area contributed by atoms with Crippen molar-refractivity contribution in [2.45, 2.75) is 89.7 Å². The number of hydrogen-bond donors (Lipinski definition) is 2. The molecular weight excluding hydrogens is 402 g/mol. The molecule has 0 spiro atoms. The molecule has 0 bridgehead atoms. The Labute approximate surface area is 193 Å². The van der Waals surface area contributed by atoms with Crippen LogP contribution in [0, 0.1) is 35.5 Å². The first kappa shape index (κ1) is 22.5. The molecule has 32 heavy (non-hydrogen) atoms. The van der Waals surface area contributed by atoms with Crippen LogP contribution in [0.3, 0.4) is 0 Å². The van der Waals surface area contributed by atoms with Gasteiger partial charge < -0.3 is 20.3 Å². The van der Waals surface area contributed by atoms with Crippen LogP contribution in [-0.2, 0) is 9.53 Å². The van der Waals surface area contributed by atoms with E-state index < -0.39 is 0 Å². The number of carbonyl (C=O) groups excluding carboxylic acids is 2. The molecule has 1 heterocycles. The van der Waals surface area contributed by atoms with E-state index in [0.29, 0.717) is 6.04 Å². The number of ether oxygens (including phenoxy) is 1. The number of nitrogens with one attached hydrogen (secondary N) is 2. The first-order valence-corrected chi connectivity index (χ1v) is 13.5. The number of esters is 1. The molecular formula is C26H43N3O3. The monoisotopic (exact) mass is 445 g/mol. The van der Waals surface area contributed by atoms with E-state index in [1.807, 2.05) is 0 Å². The molecule has 6 heteroatoms. The summed E-state index contributed by atoms with van der Waals surface area (Å²) in [6.45, 7) is 5.65. The van der Waals surface area contributed by atoms with Crippen LogP contribution in [0.2, 0.25) is 0 Å². The molecule has 2 N–H and O–H groups in total. The van der Waals surface area contributed by atoms with Gasteiger partial charge in [-0.3, -0.25) is 4.79 Å². The van der Waals surface area contributed by atoms with E-state index in [1.54, 1.807) is 6.92 Å². The van der Waals surface area contributed by atoms with Crippen molar-refractivity contribution in [1.82, 2.24) is 15.5 Å². The van der Waals surface area contributed by atoms with Crippen LogP contribution in [0.15, 0.2) is 0 Å². The fourth-order valence-corrected chi connectivity index (χ4v) is 8.48. The zero-order chi connectivity index (χ0) is 22.1. The van der Waals surface area contributed by atoms with E-state index >= 15 is 0 Å². The van der Waals surface area contributed by atoms with Gasteiger partial charge in [0, 0.05) is 26.1 Å². The Kier molecular flexibility index (Phi) is 6.96. The lowest BCUT2D eigenvalue weighted by atomic mass is 9.53. The summed E-state index contributed by atoms with van der Waals surface area (Å²) in [6.07, 6.45) is 13.9. The molecule has 1 saturated heterocycles. The van der Waals surface area contributed by atoms with E-state index in [1.165, 1.54) is 58.0 Å². The first-order chi connectivity index (χ1) is 15.6. The maximum absolute atomic E-state index is 12.4. The molecule has 5 fully saturated rings. The average Bonchev–Trinajstić information content (AvgIpc) is 3.42. The molecule has 180 valence electrons. The Morgan fingerprint density at radius 1 is 0.844 bits per heavy atom. The topological polar surface area (TPSA) is 70.7 Å². The summed E-state index contributed by atoms with van der Waals surface area (Å²) in [4.78, 5) is 26.3. The van der Waals surface area contributed by atoms with Crippen molar-refractivity contribution in [2.75, 3.05) is 26.2 Å². The molecule has 0 aromatic rings. The SMILES string of the molecule is CC(=O)OC1CC2CCC3C4CCC(NC(=O)NCCN5CCCC5)CC4CCC3C2C1. The maximum atomic E-state index is 12.4. The standard InChI is InChI=1S/C26H43N3O3/c1-17(30)32-21-15-19-5-7-23-22-9-6-20(14-18(22)4-8-24(23)25(19)16-21)28-26(31)27-10-13-29-11-2-3-12-29/h18-25H,2-16H2,1H3,(H2,27,28,31). The number of fused-ring (bicyclic) bond motifs is 5. The van der Waals surface area contributed by atoms with E-state index in [9.17, 15) is 9.59 Å². The average molecular weight is 446 g/mol. The summed E-state index contributed by atoms with van der Waals surface area (Å²) in [5.41, 5.74) is 0. The lowest BCUT2D eigenvalue weighted by Gasteiger charge is -2.52. The van der Waals surface area contributed by atoms with Crippen molar-refractivity contribution in [3.8, 4) is 0 Å². The van der Waals surface area contributed by atoms with Crippen molar-refractivity contribution < 1.29 is 14.3 Å². The maximum Gasteiger partial charge on any atom is 0.315 e. The van der Waals surface area contributed by atoms with Gasteiger partial charge >= 0.3 is 12.0 Å². The van der Waals surface area contributed by atoms with Gasteiger partial charge in [-0.05, 0) is 119 Å². The second kappa shape index (κ2) is 9.90. The van der Waals surface area contributed by atoms with Crippen molar-refractivity contribution in [3.05, 3.63) is 0 Å². The van der Waals surface area contributed by atoms with Crippen LogP contribution in [0.4, 0.5) is 4.79 Å². The Morgan fingerprint density at radius 2 is 1.53 bits per heavy atom. The lowest BCUT2D eigenvalue weighted by Crippen LogP contribution is -2.50. The number of hydrogen-bond acceptors (Lipinski definition) is 4. The minimum Gasteiger partial charge on any atom is -0.463 e. The van der Waals surface area contributed by atoms with Gasteiger partial charge in [0.05, 0.1) is 0 Å². The van der Waals surface area contributed by atoms with Gasteiger partial charge in [0.15, 0.2) is 0 Å². The number of likely N-dealkylation sites (tertiary alicyclic amines) is 1. The molecule has 2 amide bonds. The molecule has 6 nitrogen and oxygen atoms in total. The number of amides is 2. The van der Waals surface area contributed by atoms with Crippen LogP contribution in [0.25, 0.3) is 0 Å². The van der Waals surface area contributed by atoms with E-state index in [0.717, 1.165) is 74.3 Å². The second-order valence-electron chi connectivity index (χ2n) is 11.5. The Bertz CT molecular complexity index is 679. The van der Waals surface area contributed by atoms with Crippen molar-refractivity contribution in [2.24, 2.45) is 35.5 Å². The van der Waals surface area contributed by atoms with E-state index in [4.69, 9.17) is 4.74 Å². The largest absolute Gasteiger partial charge is 0.463 e. The smallest absolute Gasteiger partial charge is 0.315 e. The molecule has 1 aliphatic heterocycles. The number of carbonyl (C=O) groups is 2. The van der Waals surface area contributed by atoms with Crippen molar-refractivity contribution in [1.29, 1.82) is 0 Å². The third-order valence-electron chi connectivity index (χ3n) is 9.72. The van der Waals surface area contributed by atoms with Crippen molar-refractivity contribution in [3.63, 3.8) is 0 Å². The second-order valence-corrected chi connectivity index (χ2v) is 11.5. The third-order valence-corrected chi connectivity index (χ3v) is 9.72. The predicted molar refractivity (Wildman–Crippen MR) is 124 cm³/mol. The molecule has 0 aromatic heterocycles. The zero-order valence-corrected chi connectivity index (χ0v) is 19.9. The molecule has 0 aromatic carbocycles. The van der Waals surface area contributed by atoms with Gasteiger partial charge in [0.2, 0.25) is 0 Å². The van der Waals surface area contributed by atoms with Crippen molar-refractivity contribution >= 4 is 12.0 Å². The summed E-state index contributed by atoms with van der Waals surface area (Å²) in [7, 11) is 0. The van der Waals surface area contributed by atoms with E-state index in [-0.39, 0.29) is 18.1 Å². The zero-order valence-electron chi connectivity index (χ0n) is 19.9. The Balaban J connectivity index is 1.08. The Hall–Kier alpha value is -1.30. The molecule has 0 radical (unpaired) electrons. The minimum absolute atomic E-state index is 0.0318. The molecule has 8 unspecified atom stereocenters. The molecule has 4 saturated carbocycles. The summed E-state index contributed by atoms with van der Waals surface area (Å²) < 4.78 is 5.61. The van der Waals surface area contributed by atoms with Crippen LogP contribution in [0.1, 0.15) is 77.6 Å². The minimum atomic E-state index is -0.111. The molecule has 8 atom stereocenters. The fraction of sp³-hybridized carbons (Fsp3) is 0.923. The van der Waals surface area contributed by atoms with Gasteiger partial charge in [0.1, 0.15) is 6.10 Å². The van der Waals surface area contributed by atoms with E-state index in [2.05, 4.69) is 15.5 Å². The predicted octanol–water partition coefficient (Wildman–Crippen LogP) is 3.94.